The summed E-state index contributed by atoms with van der Waals surface area (Å²) in [5, 5.41) is 0. The van der Waals surface area contributed by atoms with Crippen LogP contribution in [0.1, 0.15) is 111 Å². The highest BCUT2D eigenvalue weighted by molar-refractivity contribution is 7.76. The van der Waals surface area contributed by atoms with Crippen LogP contribution in [0.3, 0.4) is 0 Å². The summed E-state index contributed by atoms with van der Waals surface area (Å²) in [7, 11) is -0.755. The van der Waals surface area contributed by atoms with E-state index in [0.717, 1.165) is 0 Å². The first kappa shape index (κ1) is 24.2. The fraction of sp³-hybridized carbons (Fsp3) is 0.913. The van der Waals surface area contributed by atoms with Crippen LogP contribution >= 0.6 is 7.26 Å². The van der Waals surface area contributed by atoms with Crippen LogP contribution in [0.15, 0.2) is 12.2 Å². The lowest BCUT2D eigenvalue weighted by molar-refractivity contribution is 0.572. The first-order valence-corrected chi connectivity index (χ1v) is 13.6. The second kappa shape index (κ2) is 16.6. The summed E-state index contributed by atoms with van der Waals surface area (Å²) < 4.78 is 0. The third-order valence-electron chi connectivity index (χ3n) is 5.31. The van der Waals surface area contributed by atoms with E-state index >= 15 is 0 Å². The molecule has 0 saturated carbocycles. The standard InChI is InChI=1S/C23H48P/c1-6-9-12-13-14-15-16-17-18-21-24(19-10-7-2,20-11-8-3)22-23(4)5/h4,6-22H2,1-3,5H3/q+1. The molecule has 0 aromatic carbocycles. The van der Waals surface area contributed by atoms with E-state index in [1.54, 1.807) is 6.16 Å². The first-order valence-electron chi connectivity index (χ1n) is 11.1. The van der Waals surface area contributed by atoms with E-state index < -0.39 is 7.26 Å². The van der Waals surface area contributed by atoms with E-state index in [1.807, 2.05) is 0 Å². The second-order valence-corrected chi connectivity index (χ2v) is 12.5. The van der Waals surface area contributed by atoms with Gasteiger partial charge in [0.1, 0.15) is 0 Å². The smallest absolute Gasteiger partial charge is 0.0797 e. The molecule has 0 aliphatic heterocycles. The SMILES string of the molecule is C=C(C)C[P+](CCCC)(CCCC)CCCCCCCCCCC. The summed E-state index contributed by atoms with van der Waals surface area (Å²) in [6.45, 7) is 13.6. The molecule has 0 aromatic heterocycles. The summed E-state index contributed by atoms with van der Waals surface area (Å²) in [5.41, 5.74) is 1.45. The Bertz CT molecular complexity index is 274. The van der Waals surface area contributed by atoms with Crippen molar-refractivity contribution in [1.82, 2.24) is 0 Å². The van der Waals surface area contributed by atoms with Crippen LogP contribution in [0, 0.1) is 0 Å². The molecule has 0 spiro atoms. The number of unbranched alkanes of at least 4 members (excludes halogenated alkanes) is 10. The minimum absolute atomic E-state index is 0.755. The Kier molecular flexibility index (Phi) is 16.7. The van der Waals surface area contributed by atoms with E-state index in [1.165, 1.54) is 108 Å². The third kappa shape index (κ3) is 13.5. The van der Waals surface area contributed by atoms with Crippen molar-refractivity contribution in [3.8, 4) is 0 Å². The molecule has 0 aliphatic rings. The average Bonchev–Trinajstić information content (AvgIpc) is 2.56. The predicted octanol–water partition coefficient (Wildman–Crippen LogP) is 8.71. The van der Waals surface area contributed by atoms with Gasteiger partial charge in [-0.1, -0.05) is 85.1 Å². The van der Waals surface area contributed by atoms with Crippen LogP contribution in [0.2, 0.25) is 0 Å². The lowest BCUT2D eigenvalue weighted by Crippen LogP contribution is -2.13. The van der Waals surface area contributed by atoms with E-state index in [9.17, 15) is 0 Å². The van der Waals surface area contributed by atoms with Crippen molar-refractivity contribution in [2.45, 2.75) is 111 Å². The van der Waals surface area contributed by atoms with Gasteiger partial charge in [-0.15, -0.1) is 0 Å². The minimum Gasteiger partial charge on any atom is -0.0965 e. The lowest BCUT2D eigenvalue weighted by atomic mass is 10.1. The van der Waals surface area contributed by atoms with Gasteiger partial charge in [-0.3, -0.25) is 0 Å². The number of hydrogen-bond acceptors (Lipinski definition) is 0. The van der Waals surface area contributed by atoms with Crippen LogP contribution in [-0.2, 0) is 0 Å². The highest BCUT2D eigenvalue weighted by atomic mass is 31.2. The van der Waals surface area contributed by atoms with Gasteiger partial charge in [0.05, 0.1) is 24.6 Å². The molecule has 1 heteroatoms. The normalized spacial score (nSPS) is 11.8. The van der Waals surface area contributed by atoms with Gasteiger partial charge in [-0.25, -0.2) is 0 Å². The van der Waals surface area contributed by atoms with Crippen molar-refractivity contribution in [3.63, 3.8) is 0 Å². The lowest BCUT2D eigenvalue weighted by Gasteiger charge is -2.28. The molecular formula is C23H48P+. The Balaban J connectivity index is 4.15. The molecule has 0 unspecified atom stereocenters. The molecule has 0 saturated heterocycles. The molecule has 0 bridgehead atoms. The molecule has 0 aliphatic carbocycles. The first-order chi connectivity index (χ1) is 11.6. The Hall–Kier alpha value is 0.170. The molecule has 0 heterocycles. The molecule has 0 radical (unpaired) electrons. The van der Waals surface area contributed by atoms with Crippen LogP contribution in [-0.4, -0.2) is 24.6 Å². The van der Waals surface area contributed by atoms with Gasteiger partial charge >= 0.3 is 0 Å². The molecule has 0 fully saturated rings. The molecule has 144 valence electrons. The zero-order valence-electron chi connectivity index (χ0n) is 17.7. The van der Waals surface area contributed by atoms with E-state index in [-0.39, 0.29) is 0 Å². The van der Waals surface area contributed by atoms with Crippen LogP contribution in [0.5, 0.6) is 0 Å². The highest BCUT2D eigenvalue weighted by Gasteiger charge is 2.35. The fourth-order valence-corrected chi connectivity index (χ4v) is 9.05. The monoisotopic (exact) mass is 355 g/mol. The third-order valence-corrected chi connectivity index (χ3v) is 10.3. The van der Waals surface area contributed by atoms with Gasteiger partial charge in [0, 0.05) is 7.26 Å². The largest absolute Gasteiger partial charge is 0.0965 e. The molecular weight excluding hydrogens is 307 g/mol. The average molecular weight is 356 g/mol. The number of hydrogen-bond donors (Lipinski definition) is 0. The van der Waals surface area contributed by atoms with Gasteiger partial charge in [-0.05, 0) is 38.2 Å². The van der Waals surface area contributed by atoms with Crippen molar-refractivity contribution in [2.24, 2.45) is 0 Å². The van der Waals surface area contributed by atoms with Crippen molar-refractivity contribution in [2.75, 3.05) is 24.6 Å². The van der Waals surface area contributed by atoms with Crippen LogP contribution < -0.4 is 0 Å². The molecule has 0 aromatic rings. The maximum absolute atomic E-state index is 4.28. The predicted molar refractivity (Wildman–Crippen MR) is 118 cm³/mol. The summed E-state index contributed by atoms with van der Waals surface area (Å²) in [6.07, 6.45) is 24.7. The zero-order valence-corrected chi connectivity index (χ0v) is 18.6. The van der Waals surface area contributed by atoms with Crippen LogP contribution in [0.25, 0.3) is 0 Å². The van der Waals surface area contributed by atoms with E-state index in [2.05, 4.69) is 34.3 Å². The minimum atomic E-state index is -0.755. The van der Waals surface area contributed by atoms with Gasteiger partial charge in [0.2, 0.25) is 0 Å². The Morgan fingerprint density at radius 2 is 0.958 bits per heavy atom. The molecule has 0 nitrogen and oxygen atoms in total. The Morgan fingerprint density at radius 3 is 1.38 bits per heavy atom. The van der Waals surface area contributed by atoms with Crippen molar-refractivity contribution in [3.05, 3.63) is 12.2 Å². The molecule has 24 heavy (non-hydrogen) atoms. The van der Waals surface area contributed by atoms with Gasteiger partial charge in [0.25, 0.3) is 0 Å². The second-order valence-electron chi connectivity index (χ2n) is 8.16. The molecule has 0 N–H and O–H groups in total. The summed E-state index contributed by atoms with van der Waals surface area (Å²) in [5.74, 6) is 0. The maximum atomic E-state index is 4.28. The number of allylic oxidation sites excluding steroid dienone is 1. The zero-order chi connectivity index (χ0) is 18.1. The summed E-state index contributed by atoms with van der Waals surface area (Å²) in [6, 6.07) is 0. The Labute approximate surface area is 155 Å². The Morgan fingerprint density at radius 1 is 0.583 bits per heavy atom. The fourth-order valence-electron chi connectivity index (χ4n) is 3.89. The highest BCUT2D eigenvalue weighted by Crippen LogP contribution is 2.61. The van der Waals surface area contributed by atoms with Crippen molar-refractivity contribution < 1.29 is 0 Å². The molecule has 0 atom stereocenters. The molecule has 0 rings (SSSR count). The van der Waals surface area contributed by atoms with Gasteiger partial charge < -0.3 is 0 Å². The van der Waals surface area contributed by atoms with Crippen molar-refractivity contribution >= 4 is 7.26 Å². The van der Waals surface area contributed by atoms with E-state index in [0.29, 0.717) is 0 Å². The summed E-state index contributed by atoms with van der Waals surface area (Å²) >= 11 is 0. The topological polar surface area (TPSA) is 0 Å². The quantitative estimate of drug-likeness (QED) is 0.131. The molecule has 0 amide bonds. The van der Waals surface area contributed by atoms with Gasteiger partial charge in [0.15, 0.2) is 0 Å². The number of rotatable bonds is 18. The maximum Gasteiger partial charge on any atom is 0.0797 e. The van der Waals surface area contributed by atoms with Crippen LogP contribution in [0.4, 0.5) is 0 Å². The van der Waals surface area contributed by atoms with E-state index in [4.69, 9.17) is 0 Å². The van der Waals surface area contributed by atoms with Crippen molar-refractivity contribution in [1.29, 1.82) is 0 Å². The summed E-state index contributed by atoms with van der Waals surface area (Å²) in [4.78, 5) is 0. The van der Waals surface area contributed by atoms with Gasteiger partial charge in [-0.2, -0.15) is 0 Å².